The smallest absolute Gasteiger partial charge is 0.238 e. The molecule has 0 aromatic heterocycles. The van der Waals surface area contributed by atoms with Crippen molar-refractivity contribution in [3.05, 3.63) is 35.9 Å². The van der Waals surface area contributed by atoms with E-state index in [1.165, 1.54) is 0 Å². The Kier molecular flexibility index (Phi) is 4.95. The van der Waals surface area contributed by atoms with Gasteiger partial charge in [0.15, 0.2) is 0 Å². The number of benzene rings is 1. The van der Waals surface area contributed by atoms with Gasteiger partial charge in [-0.15, -0.1) is 0 Å². The molecule has 2 aliphatic rings. The van der Waals surface area contributed by atoms with Crippen LogP contribution in [-0.4, -0.2) is 59.8 Å². The Morgan fingerprint density at radius 2 is 1.96 bits per heavy atom. The minimum atomic E-state index is -0.898. The molecule has 0 aliphatic carbocycles. The molecule has 3 rings (SSSR count). The highest BCUT2D eigenvalue weighted by atomic mass is 32.2. The summed E-state index contributed by atoms with van der Waals surface area (Å²) in [6.07, 6.45) is 2.15. The third-order valence-electron chi connectivity index (χ3n) is 4.90. The number of rotatable bonds is 3. The maximum Gasteiger partial charge on any atom is 0.238 e. The zero-order valence-corrected chi connectivity index (χ0v) is 14.5. The Morgan fingerprint density at radius 3 is 2.65 bits per heavy atom. The van der Waals surface area contributed by atoms with E-state index in [9.17, 15) is 9.59 Å². The minimum absolute atomic E-state index is 0.0109. The molecule has 2 aliphatic heterocycles. The number of hydrogen-bond donors (Lipinski definition) is 0. The van der Waals surface area contributed by atoms with E-state index < -0.39 is 5.41 Å². The summed E-state index contributed by atoms with van der Waals surface area (Å²) in [6.45, 7) is 2.20. The molecule has 0 bridgehead atoms. The summed E-state index contributed by atoms with van der Waals surface area (Å²) < 4.78 is 0. The van der Waals surface area contributed by atoms with Gasteiger partial charge in [0.1, 0.15) is 5.41 Å². The molecular weight excluding hydrogens is 308 g/mol. The third-order valence-corrected chi connectivity index (χ3v) is 5.95. The van der Waals surface area contributed by atoms with Crippen molar-refractivity contribution in [2.75, 3.05) is 38.2 Å². The molecule has 2 amide bonds. The lowest BCUT2D eigenvalue weighted by Gasteiger charge is -2.32. The van der Waals surface area contributed by atoms with Crippen LogP contribution in [0.2, 0.25) is 0 Å². The minimum Gasteiger partial charge on any atom is -0.345 e. The summed E-state index contributed by atoms with van der Waals surface area (Å²) in [6, 6.07) is 9.93. The van der Waals surface area contributed by atoms with Crippen molar-refractivity contribution in [3.8, 4) is 0 Å². The first-order valence-corrected chi connectivity index (χ1v) is 9.45. The Morgan fingerprint density at radius 1 is 1.17 bits per heavy atom. The highest BCUT2D eigenvalue weighted by molar-refractivity contribution is 7.99. The van der Waals surface area contributed by atoms with Crippen molar-refractivity contribution >= 4 is 23.6 Å². The molecule has 1 aromatic rings. The van der Waals surface area contributed by atoms with Crippen LogP contribution in [0.25, 0.3) is 0 Å². The van der Waals surface area contributed by atoms with Crippen LogP contribution < -0.4 is 0 Å². The van der Waals surface area contributed by atoms with Gasteiger partial charge < -0.3 is 9.80 Å². The van der Waals surface area contributed by atoms with Gasteiger partial charge in [-0.05, 0) is 30.6 Å². The van der Waals surface area contributed by atoms with Gasteiger partial charge >= 0.3 is 0 Å². The molecular formula is C18H24N2O2S. The van der Waals surface area contributed by atoms with Crippen molar-refractivity contribution in [3.63, 3.8) is 0 Å². The molecule has 1 atom stereocenters. The Balaban J connectivity index is 1.89. The van der Waals surface area contributed by atoms with Crippen LogP contribution in [0.4, 0.5) is 0 Å². The lowest BCUT2D eigenvalue weighted by atomic mass is 9.78. The van der Waals surface area contributed by atoms with Gasteiger partial charge in [0.05, 0.1) is 0 Å². The number of carbonyl (C=O) groups is 2. The molecule has 0 spiro atoms. The number of thioether (sulfide) groups is 1. The average molecular weight is 332 g/mol. The summed E-state index contributed by atoms with van der Waals surface area (Å²) in [5.74, 6) is 2.10. The first-order valence-electron chi connectivity index (χ1n) is 8.30. The van der Waals surface area contributed by atoms with Gasteiger partial charge in [-0.2, -0.15) is 11.8 Å². The highest BCUT2D eigenvalue weighted by Crippen LogP contribution is 2.37. The van der Waals surface area contributed by atoms with Crippen molar-refractivity contribution < 1.29 is 9.59 Å². The fourth-order valence-electron chi connectivity index (χ4n) is 3.57. The Bertz CT molecular complexity index is 570. The van der Waals surface area contributed by atoms with Crippen molar-refractivity contribution in [1.29, 1.82) is 0 Å². The number of hydrogen-bond acceptors (Lipinski definition) is 3. The molecule has 1 unspecified atom stereocenters. The van der Waals surface area contributed by atoms with E-state index >= 15 is 0 Å². The number of amides is 2. The maximum absolute atomic E-state index is 13.3. The maximum atomic E-state index is 13.3. The average Bonchev–Trinajstić information content (AvgIpc) is 2.78. The van der Waals surface area contributed by atoms with E-state index in [0.717, 1.165) is 36.6 Å². The number of nitrogens with zero attached hydrogens (tertiary/aromatic N) is 2. The van der Waals surface area contributed by atoms with Crippen LogP contribution in [0.15, 0.2) is 30.3 Å². The summed E-state index contributed by atoms with van der Waals surface area (Å²) in [7, 11) is 1.81. The van der Waals surface area contributed by atoms with E-state index in [2.05, 4.69) is 0 Å². The van der Waals surface area contributed by atoms with Crippen LogP contribution >= 0.6 is 11.8 Å². The van der Waals surface area contributed by atoms with Gasteiger partial charge in [-0.1, -0.05) is 30.3 Å². The van der Waals surface area contributed by atoms with E-state index in [1.807, 2.05) is 47.0 Å². The van der Waals surface area contributed by atoms with Crippen LogP contribution in [0.5, 0.6) is 0 Å². The highest BCUT2D eigenvalue weighted by Gasteiger charge is 2.52. The summed E-state index contributed by atoms with van der Waals surface area (Å²) in [5, 5.41) is 0. The fraction of sp³-hybridized carbons (Fsp3) is 0.556. The zero-order valence-electron chi connectivity index (χ0n) is 13.7. The van der Waals surface area contributed by atoms with E-state index in [1.54, 1.807) is 11.9 Å². The molecule has 23 heavy (non-hydrogen) atoms. The summed E-state index contributed by atoms with van der Waals surface area (Å²) >= 11 is 1.89. The molecule has 2 saturated heterocycles. The molecule has 124 valence electrons. The molecule has 5 heteroatoms. The van der Waals surface area contributed by atoms with Gasteiger partial charge in [0.2, 0.25) is 11.8 Å². The molecule has 0 saturated carbocycles. The van der Waals surface area contributed by atoms with Crippen molar-refractivity contribution in [1.82, 2.24) is 9.80 Å². The monoisotopic (exact) mass is 332 g/mol. The fourth-order valence-corrected chi connectivity index (χ4v) is 4.45. The summed E-state index contributed by atoms with van der Waals surface area (Å²) in [4.78, 5) is 29.8. The van der Waals surface area contributed by atoms with Crippen molar-refractivity contribution in [2.45, 2.75) is 19.3 Å². The number of carbonyl (C=O) groups excluding carboxylic acids is 2. The van der Waals surface area contributed by atoms with Gasteiger partial charge in [-0.25, -0.2) is 0 Å². The Hall–Kier alpha value is -1.49. The van der Waals surface area contributed by atoms with E-state index in [-0.39, 0.29) is 11.8 Å². The number of likely N-dealkylation sites (tertiary alicyclic amines) is 1. The summed E-state index contributed by atoms with van der Waals surface area (Å²) in [5.41, 5.74) is 0.166. The Labute approximate surface area is 142 Å². The largest absolute Gasteiger partial charge is 0.345 e. The molecule has 1 aromatic carbocycles. The second-order valence-electron chi connectivity index (χ2n) is 6.48. The quantitative estimate of drug-likeness (QED) is 0.796. The predicted molar refractivity (Wildman–Crippen MR) is 93.4 cm³/mol. The van der Waals surface area contributed by atoms with Crippen LogP contribution in [0, 0.1) is 5.41 Å². The van der Waals surface area contributed by atoms with Gasteiger partial charge in [0, 0.05) is 32.4 Å². The van der Waals surface area contributed by atoms with Gasteiger partial charge in [0.25, 0.3) is 0 Å². The van der Waals surface area contributed by atoms with Crippen molar-refractivity contribution in [2.24, 2.45) is 5.41 Å². The molecule has 0 N–H and O–H groups in total. The lowest BCUT2D eigenvalue weighted by Crippen LogP contribution is -2.50. The van der Waals surface area contributed by atoms with Crippen LogP contribution in [-0.2, 0) is 16.0 Å². The predicted octanol–water partition coefficient (Wildman–Crippen LogP) is 2.04. The third kappa shape index (κ3) is 3.25. The zero-order chi connectivity index (χ0) is 16.3. The molecule has 2 heterocycles. The molecule has 2 fully saturated rings. The second-order valence-corrected chi connectivity index (χ2v) is 7.70. The van der Waals surface area contributed by atoms with Crippen LogP contribution in [0.3, 0.4) is 0 Å². The van der Waals surface area contributed by atoms with E-state index in [4.69, 9.17) is 0 Å². The lowest BCUT2D eigenvalue weighted by molar-refractivity contribution is -0.151. The SMILES string of the molecule is CN1CCC(Cc2ccccc2)(C(=O)N2CCCSCC2)C1=O. The normalized spacial score (nSPS) is 25.5. The second kappa shape index (κ2) is 6.95. The topological polar surface area (TPSA) is 40.6 Å². The standard InChI is InChI=1S/C18H24N2O2S/c1-19-10-8-18(16(19)21,14-15-6-3-2-4-7-15)17(22)20-9-5-12-23-13-11-20/h2-4,6-7H,5,8-14H2,1H3. The first kappa shape index (κ1) is 16.4. The molecule has 4 nitrogen and oxygen atoms in total. The molecule has 0 radical (unpaired) electrons. The van der Waals surface area contributed by atoms with E-state index in [0.29, 0.717) is 19.4 Å². The van der Waals surface area contributed by atoms with Gasteiger partial charge in [-0.3, -0.25) is 9.59 Å². The van der Waals surface area contributed by atoms with Crippen LogP contribution in [0.1, 0.15) is 18.4 Å². The first-order chi connectivity index (χ1) is 11.1.